The Morgan fingerprint density at radius 1 is 1.08 bits per heavy atom. The van der Waals surface area contributed by atoms with Crippen molar-refractivity contribution in [3.05, 3.63) is 23.3 Å². The number of allylic oxidation sites excluding steroid dienone is 1. The Kier molecular flexibility index (Phi) is 4.04. The number of esters is 1. The van der Waals surface area contributed by atoms with Crippen LogP contribution in [0.15, 0.2) is 23.3 Å². The Labute approximate surface area is 210 Å². The first-order valence-corrected chi connectivity index (χ1v) is 13.3. The van der Waals surface area contributed by atoms with Crippen molar-refractivity contribution in [1.82, 2.24) is 0 Å². The number of ketones is 1. The average Bonchev–Trinajstić information content (AvgIpc) is 3.44. The third kappa shape index (κ3) is 1.88. The van der Waals surface area contributed by atoms with E-state index in [-0.39, 0.29) is 30.1 Å². The fourth-order valence-electron chi connectivity index (χ4n) is 10.8. The Balaban J connectivity index is 1.49. The van der Waals surface area contributed by atoms with E-state index in [0.29, 0.717) is 30.4 Å². The van der Waals surface area contributed by atoms with Crippen molar-refractivity contribution in [1.29, 1.82) is 0 Å². The smallest absolute Gasteiger partial charge is 0.334 e. The zero-order valence-electron chi connectivity index (χ0n) is 21.4. The molecule has 8 nitrogen and oxygen atoms in total. The normalized spacial score (nSPS) is 62.5. The van der Waals surface area contributed by atoms with Gasteiger partial charge in [0.15, 0.2) is 11.4 Å². The monoisotopic (exact) mass is 500 g/mol. The van der Waals surface area contributed by atoms with Gasteiger partial charge in [-0.1, -0.05) is 13.8 Å². The molecule has 0 bridgehead atoms. The first-order valence-electron chi connectivity index (χ1n) is 13.3. The maximum absolute atomic E-state index is 13.6. The summed E-state index contributed by atoms with van der Waals surface area (Å²) in [5.74, 6) is -2.02. The summed E-state index contributed by atoms with van der Waals surface area (Å²) in [5, 5.41) is 48.2. The molecule has 0 aromatic heterocycles. The lowest BCUT2D eigenvalue weighted by Crippen LogP contribution is -2.84. The molecular formula is C28H36O8. The lowest BCUT2D eigenvalue weighted by molar-refractivity contribution is -0.359. The van der Waals surface area contributed by atoms with E-state index in [1.165, 1.54) is 12.2 Å². The summed E-state index contributed by atoms with van der Waals surface area (Å²) in [4.78, 5) is 26.6. The van der Waals surface area contributed by atoms with E-state index in [9.17, 15) is 30.0 Å². The molecule has 196 valence electrons. The summed E-state index contributed by atoms with van der Waals surface area (Å²) < 4.78 is 12.2. The highest BCUT2D eigenvalue weighted by Gasteiger charge is 2.88. The highest BCUT2D eigenvalue weighted by Crippen LogP contribution is 2.79. The van der Waals surface area contributed by atoms with Crippen molar-refractivity contribution in [2.24, 2.45) is 34.5 Å². The van der Waals surface area contributed by atoms with E-state index in [2.05, 4.69) is 0 Å². The molecule has 1 saturated heterocycles. The molecule has 5 fully saturated rings. The molecule has 0 amide bonds. The molecule has 13 atom stereocenters. The van der Waals surface area contributed by atoms with Crippen molar-refractivity contribution in [2.75, 3.05) is 0 Å². The van der Waals surface area contributed by atoms with Gasteiger partial charge >= 0.3 is 5.97 Å². The first-order chi connectivity index (χ1) is 16.7. The van der Waals surface area contributed by atoms with Gasteiger partial charge in [0.25, 0.3) is 0 Å². The van der Waals surface area contributed by atoms with Crippen molar-refractivity contribution < 1.29 is 39.5 Å². The fourth-order valence-corrected chi connectivity index (χ4v) is 10.8. The van der Waals surface area contributed by atoms with Crippen LogP contribution in [0.4, 0.5) is 0 Å². The molecule has 7 rings (SSSR count). The zero-order chi connectivity index (χ0) is 26.0. The zero-order valence-corrected chi connectivity index (χ0v) is 21.4. The van der Waals surface area contributed by atoms with E-state index in [1.54, 1.807) is 20.8 Å². The second-order valence-corrected chi connectivity index (χ2v) is 13.2. The molecule has 2 spiro atoms. The van der Waals surface area contributed by atoms with E-state index in [4.69, 9.17) is 9.47 Å². The van der Waals surface area contributed by atoms with Crippen LogP contribution in [0.1, 0.15) is 60.3 Å². The Morgan fingerprint density at radius 3 is 2.42 bits per heavy atom. The molecule has 0 unspecified atom stereocenters. The summed E-state index contributed by atoms with van der Waals surface area (Å²) in [6.45, 7) is 8.88. The lowest BCUT2D eigenvalue weighted by atomic mass is 9.35. The van der Waals surface area contributed by atoms with E-state index in [1.807, 2.05) is 13.8 Å². The van der Waals surface area contributed by atoms with Gasteiger partial charge in [-0.05, 0) is 81.9 Å². The predicted molar refractivity (Wildman–Crippen MR) is 125 cm³/mol. The van der Waals surface area contributed by atoms with E-state index < -0.39 is 63.2 Å². The van der Waals surface area contributed by atoms with Crippen molar-refractivity contribution in [3.63, 3.8) is 0 Å². The van der Waals surface area contributed by atoms with Crippen LogP contribution in [0.5, 0.6) is 0 Å². The SMILES string of the molecule is CC1=C(C)[C@]2(OC1=O)[C@H](O)[C@@H](C)[C@]1(O)CC[C@H]3[C@@H]4C[C@H]5O[C@]56[C@@H](O)C=CC(=O)[C@]6(C)[C@H]4C[C@@]2(O)[C@@]31C. The van der Waals surface area contributed by atoms with Crippen LogP contribution in [-0.4, -0.2) is 72.9 Å². The fraction of sp³-hybridized carbons (Fsp3) is 0.786. The standard InChI is InChI=1S/C28H36O8/c1-12-13(2)27(36-22(12)32)21(31)14(3)25(33)9-8-16-15-10-20-28(35-20)19(30)7-6-18(29)23(28,4)17(15)11-26(27,34)24(16,25)5/h6-7,14-17,19-21,30-31,33-34H,8-11H2,1-5H3/t14-,15+,16+,17+,19+,20-,21-,23+,24+,25-,26-,27+,28-/m1/s1. The first kappa shape index (κ1) is 23.5. The summed E-state index contributed by atoms with van der Waals surface area (Å²) in [6, 6.07) is 0. The van der Waals surface area contributed by atoms with Gasteiger partial charge in [0, 0.05) is 16.9 Å². The molecule has 0 aromatic carbocycles. The molecular weight excluding hydrogens is 464 g/mol. The Morgan fingerprint density at radius 2 is 1.78 bits per heavy atom. The molecule has 5 aliphatic carbocycles. The Hall–Kier alpha value is -1.58. The average molecular weight is 501 g/mol. The largest absolute Gasteiger partial charge is 0.445 e. The summed E-state index contributed by atoms with van der Waals surface area (Å²) in [5.41, 5.74) is -7.39. The molecule has 0 aromatic rings. The van der Waals surface area contributed by atoms with Crippen LogP contribution in [0.25, 0.3) is 0 Å². The number of aliphatic hydroxyl groups is 4. The summed E-state index contributed by atoms with van der Waals surface area (Å²) >= 11 is 0. The topological polar surface area (TPSA) is 137 Å². The van der Waals surface area contributed by atoms with Crippen LogP contribution in [0.3, 0.4) is 0 Å². The highest BCUT2D eigenvalue weighted by molar-refractivity contribution is 5.98. The van der Waals surface area contributed by atoms with Gasteiger partial charge in [-0.2, -0.15) is 0 Å². The van der Waals surface area contributed by atoms with Gasteiger partial charge < -0.3 is 29.9 Å². The summed E-state index contributed by atoms with van der Waals surface area (Å²) in [7, 11) is 0. The number of carbonyl (C=O) groups excluding carboxylic acids is 2. The number of carbonyl (C=O) groups is 2. The number of ether oxygens (including phenoxy) is 2. The molecule has 4 N–H and O–H groups in total. The van der Waals surface area contributed by atoms with Gasteiger partial charge in [-0.15, -0.1) is 0 Å². The number of rotatable bonds is 0. The number of aliphatic hydroxyl groups excluding tert-OH is 2. The number of hydrogen-bond acceptors (Lipinski definition) is 8. The minimum atomic E-state index is -1.85. The summed E-state index contributed by atoms with van der Waals surface area (Å²) in [6.07, 6.45) is 2.06. The lowest BCUT2D eigenvalue weighted by Gasteiger charge is -2.72. The molecule has 7 aliphatic rings. The van der Waals surface area contributed by atoms with Gasteiger partial charge in [-0.3, -0.25) is 4.79 Å². The predicted octanol–water partition coefficient (Wildman–Crippen LogP) is 1.19. The molecule has 36 heavy (non-hydrogen) atoms. The van der Waals surface area contributed by atoms with Crippen molar-refractivity contribution in [2.45, 2.75) is 101 Å². The van der Waals surface area contributed by atoms with Gasteiger partial charge in [0.2, 0.25) is 0 Å². The van der Waals surface area contributed by atoms with Crippen LogP contribution in [0.2, 0.25) is 0 Å². The molecule has 4 saturated carbocycles. The van der Waals surface area contributed by atoms with Gasteiger partial charge in [0.1, 0.15) is 23.4 Å². The van der Waals surface area contributed by atoms with Crippen molar-refractivity contribution >= 4 is 11.8 Å². The molecule has 2 heterocycles. The molecule has 8 heteroatoms. The number of hydrogen-bond donors (Lipinski definition) is 4. The van der Waals surface area contributed by atoms with Crippen LogP contribution >= 0.6 is 0 Å². The minimum absolute atomic E-state index is 0.0370. The maximum Gasteiger partial charge on any atom is 0.334 e. The highest BCUT2D eigenvalue weighted by atomic mass is 16.6. The van der Waals surface area contributed by atoms with Crippen LogP contribution in [0, 0.1) is 34.5 Å². The third-order valence-corrected chi connectivity index (χ3v) is 13.0. The van der Waals surface area contributed by atoms with Crippen LogP contribution < -0.4 is 0 Å². The second kappa shape index (κ2) is 6.18. The van der Waals surface area contributed by atoms with Gasteiger partial charge in [-0.25, -0.2) is 4.79 Å². The maximum atomic E-state index is 13.6. The van der Waals surface area contributed by atoms with Gasteiger partial charge in [0.05, 0.1) is 17.1 Å². The number of epoxide rings is 1. The minimum Gasteiger partial charge on any atom is -0.445 e. The molecule has 2 aliphatic heterocycles. The van der Waals surface area contributed by atoms with E-state index >= 15 is 0 Å². The van der Waals surface area contributed by atoms with Crippen LogP contribution in [-0.2, 0) is 19.1 Å². The Bertz CT molecular complexity index is 1190. The second-order valence-electron chi connectivity index (χ2n) is 13.2. The van der Waals surface area contributed by atoms with Crippen molar-refractivity contribution in [3.8, 4) is 0 Å². The third-order valence-electron chi connectivity index (χ3n) is 13.0. The van der Waals surface area contributed by atoms with E-state index in [0.717, 1.165) is 0 Å². The number of fused-ring (bicyclic) bond motifs is 4. The quantitative estimate of drug-likeness (QED) is 0.288. The molecule has 0 radical (unpaired) electrons.